The highest BCUT2D eigenvalue weighted by Crippen LogP contribution is 2.34. The number of nitrogens with zero attached hydrogens (tertiary/aromatic N) is 3. The van der Waals surface area contributed by atoms with Crippen LogP contribution in [-0.2, 0) is 19.1 Å². The van der Waals surface area contributed by atoms with Crippen LogP contribution in [0.4, 0.5) is 0 Å². The topological polar surface area (TPSA) is 91.3 Å². The number of carbonyl (C=O) groups is 3. The number of hydrogen-bond acceptors (Lipinski definition) is 5. The smallest absolute Gasteiger partial charge is 0.254 e. The van der Waals surface area contributed by atoms with Crippen molar-refractivity contribution in [2.75, 3.05) is 26.7 Å². The highest BCUT2D eigenvalue weighted by atomic mass is 16.5. The molecular formula is C21H26N4O4. The summed E-state index contributed by atoms with van der Waals surface area (Å²) in [5, 5.41) is 2.77. The zero-order valence-corrected chi connectivity index (χ0v) is 17.0. The number of nitrogens with one attached hydrogen (secondary N) is 1. The number of hydrogen-bond donors (Lipinski definition) is 1. The van der Waals surface area contributed by atoms with Crippen molar-refractivity contribution in [3.05, 3.63) is 35.4 Å². The van der Waals surface area contributed by atoms with Crippen molar-refractivity contribution in [3.63, 3.8) is 0 Å². The van der Waals surface area contributed by atoms with E-state index in [0.29, 0.717) is 31.8 Å². The summed E-state index contributed by atoms with van der Waals surface area (Å²) in [4.78, 5) is 45.8. The summed E-state index contributed by atoms with van der Waals surface area (Å²) in [6, 6.07) is 7.26. The molecule has 1 aromatic carbocycles. The fraction of sp³-hybridized carbons (Fsp3) is 0.524. The van der Waals surface area contributed by atoms with Crippen LogP contribution in [0.3, 0.4) is 0 Å². The Hall–Kier alpha value is -2.74. The van der Waals surface area contributed by atoms with Crippen molar-refractivity contribution in [2.24, 2.45) is 4.99 Å². The Morgan fingerprint density at radius 2 is 1.90 bits per heavy atom. The lowest BCUT2D eigenvalue weighted by molar-refractivity contribution is -0.168. The molecule has 8 heteroatoms. The normalized spacial score (nSPS) is 26.5. The second-order valence-corrected chi connectivity index (χ2v) is 8.05. The Morgan fingerprint density at radius 3 is 2.52 bits per heavy atom. The van der Waals surface area contributed by atoms with Crippen LogP contribution in [0, 0.1) is 6.92 Å². The Labute approximate surface area is 169 Å². The predicted octanol–water partition coefficient (Wildman–Crippen LogP) is 0.803. The van der Waals surface area contributed by atoms with E-state index in [-0.39, 0.29) is 24.3 Å². The minimum atomic E-state index is -0.768. The van der Waals surface area contributed by atoms with Gasteiger partial charge in [-0.25, -0.2) is 0 Å². The van der Waals surface area contributed by atoms with Gasteiger partial charge in [0.25, 0.3) is 11.8 Å². The Bertz CT molecular complexity index is 888. The lowest BCUT2D eigenvalue weighted by atomic mass is 9.87. The Kier molecular flexibility index (Phi) is 4.90. The average molecular weight is 398 g/mol. The summed E-state index contributed by atoms with van der Waals surface area (Å²) in [5.74, 6) is 0.253. The Morgan fingerprint density at radius 1 is 1.21 bits per heavy atom. The summed E-state index contributed by atoms with van der Waals surface area (Å²) < 4.78 is 5.76. The first-order valence-electron chi connectivity index (χ1n) is 9.92. The molecule has 1 aromatic rings. The SMILES string of the molecule is CC1=NC2(CCN(C(=O)[C@H]3OCC(=O)N(C)[C@@H]3c3ccccc3C)CC2)C(=O)N1. The van der Waals surface area contributed by atoms with Gasteiger partial charge in [0, 0.05) is 20.1 Å². The van der Waals surface area contributed by atoms with Gasteiger partial charge in [-0.2, -0.15) is 0 Å². The Balaban J connectivity index is 1.55. The van der Waals surface area contributed by atoms with E-state index >= 15 is 0 Å². The predicted molar refractivity (Wildman–Crippen MR) is 106 cm³/mol. The molecule has 8 nitrogen and oxygen atoms in total. The van der Waals surface area contributed by atoms with Crippen molar-refractivity contribution in [1.29, 1.82) is 0 Å². The molecule has 2 fully saturated rings. The standard InChI is InChI=1S/C21H26N4O4/c1-13-6-4-5-7-15(13)17-18(29-12-16(26)24(17)3)19(27)25-10-8-21(9-11-25)20(28)22-14(2)23-21/h4-7,17-18H,8-12H2,1-3H3,(H,22,23,28)/t17-,18+/m1/s1. The molecule has 3 amide bonds. The summed E-state index contributed by atoms with van der Waals surface area (Å²) in [7, 11) is 1.72. The van der Waals surface area contributed by atoms with Crippen molar-refractivity contribution in [3.8, 4) is 0 Å². The summed E-state index contributed by atoms with van der Waals surface area (Å²) in [6.07, 6.45) is 0.201. The molecule has 1 N–H and O–H groups in total. The van der Waals surface area contributed by atoms with Crippen molar-refractivity contribution >= 4 is 23.6 Å². The van der Waals surface area contributed by atoms with Crippen LogP contribution in [-0.4, -0.2) is 71.7 Å². The molecule has 154 valence electrons. The molecule has 0 unspecified atom stereocenters. The average Bonchev–Trinajstić information content (AvgIpc) is 2.97. The maximum atomic E-state index is 13.4. The number of piperidine rings is 1. The monoisotopic (exact) mass is 398 g/mol. The number of benzene rings is 1. The van der Waals surface area contributed by atoms with Gasteiger partial charge in [-0.05, 0) is 37.8 Å². The third kappa shape index (κ3) is 3.31. The van der Waals surface area contributed by atoms with E-state index < -0.39 is 17.7 Å². The second-order valence-electron chi connectivity index (χ2n) is 8.05. The summed E-state index contributed by atoms with van der Waals surface area (Å²) in [5.41, 5.74) is 1.16. The summed E-state index contributed by atoms with van der Waals surface area (Å²) in [6.45, 7) is 4.49. The first-order valence-corrected chi connectivity index (χ1v) is 9.92. The van der Waals surface area contributed by atoms with Gasteiger partial charge >= 0.3 is 0 Å². The molecule has 29 heavy (non-hydrogen) atoms. The molecular weight excluding hydrogens is 372 g/mol. The zero-order chi connectivity index (χ0) is 20.8. The van der Waals surface area contributed by atoms with Gasteiger partial charge in [0.1, 0.15) is 18.0 Å². The van der Waals surface area contributed by atoms with Gasteiger partial charge in [0.2, 0.25) is 5.91 Å². The maximum Gasteiger partial charge on any atom is 0.254 e. The van der Waals surface area contributed by atoms with E-state index in [2.05, 4.69) is 10.3 Å². The molecule has 0 saturated carbocycles. The van der Waals surface area contributed by atoms with E-state index in [1.165, 1.54) is 0 Å². The van der Waals surface area contributed by atoms with Crippen LogP contribution < -0.4 is 5.32 Å². The number of amides is 3. The molecule has 0 aromatic heterocycles. The minimum absolute atomic E-state index is 0.0841. The first kappa shape index (κ1) is 19.6. The van der Waals surface area contributed by atoms with Gasteiger partial charge in [-0.1, -0.05) is 24.3 Å². The van der Waals surface area contributed by atoms with E-state index in [1.807, 2.05) is 31.2 Å². The molecule has 1 spiro atoms. The van der Waals surface area contributed by atoms with Crippen LogP contribution >= 0.6 is 0 Å². The van der Waals surface area contributed by atoms with Crippen LogP contribution in [0.25, 0.3) is 0 Å². The van der Waals surface area contributed by atoms with Crippen LogP contribution in [0.1, 0.15) is 36.9 Å². The number of amidine groups is 1. The van der Waals surface area contributed by atoms with Gasteiger partial charge in [0.15, 0.2) is 6.10 Å². The van der Waals surface area contributed by atoms with E-state index in [4.69, 9.17) is 4.74 Å². The fourth-order valence-electron chi connectivity index (χ4n) is 4.51. The third-order valence-electron chi connectivity index (χ3n) is 6.24. The van der Waals surface area contributed by atoms with Gasteiger partial charge in [0.05, 0.1) is 6.04 Å². The number of aryl methyl sites for hydroxylation is 1. The summed E-state index contributed by atoms with van der Waals surface area (Å²) >= 11 is 0. The molecule has 0 radical (unpaired) electrons. The number of morpholine rings is 1. The maximum absolute atomic E-state index is 13.4. The number of aliphatic imine (C=N–C) groups is 1. The van der Waals surface area contributed by atoms with E-state index in [9.17, 15) is 14.4 Å². The fourth-order valence-corrected chi connectivity index (χ4v) is 4.51. The van der Waals surface area contributed by atoms with Crippen LogP contribution in [0.15, 0.2) is 29.3 Å². The zero-order valence-electron chi connectivity index (χ0n) is 17.0. The quantitative estimate of drug-likeness (QED) is 0.798. The number of carbonyl (C=O) groups excluding carboxylic acids is 3. The highest BCUT2D eigenvalue weighted by molar-refractivity contribution is 6.07. The number of ether oxygens (including phenoxy) is 1. The lowest BCUT2D eigenvalue weighted by Crippen LogP contribution is -2.57. The number of likely N-dealkylation sites (N-methyl/N-ethyl adjacent to an activating group) is 1. The molecule has 3 heterocycles. The molecule has 0 bridgehead atoms. The van der Waals surface area contributed by atoms with Crippen LogP contribution in [0.2, 0.25) is 0 Å². The molecule has 3 aliphatic heterocycles. The third-order valence-corrected chi connectivity index (χ3v) is 6.24. The van der Waals surface area contributed by atoms with Crippen molar-refractivity contribution in [2.45, 2.75) is 44.4 Å². The molecule has 4 rings (SSSR count). The lowest BCUT2D eigenvalue weighted by Gasteiger charge is -2.42. The van der Waals surface area contributed by atoms with Crippen LogP contribution in [0.5, 0.6) is 0 Å². The molecule has 0 aliphatic carbocycles. The van der Waals surface area contributed by atoms with Gasteiger partial charge in [-0.15, -0.1) is 0 Å². The largest absolute Gasteiger partial charge is 0.356 e. The van der Waals surface area contributed by atoms with E-state index in [1.54, 1.807) is 23.8 Å². The number of likely N-dealkylation sites (tertiary alicyclic amines) is 1. The number of rotatable bonds is 2. The highest BCUT2D eigenvalue weighted by Gasteiger charge is 2.48. The second kappa shape index (κ2) is 7.26. The molecule has 2 saturated heterocycles. The van der Waals surface area contributed by atoms with E-state index in [0.717, 1.165) is 11.1 Å². The van der Waals surface area contributed by atoms with Gasteiger partial charge < -0.3 is 19.9 Å². The molecule has 3 aliphatic rings. The van der Waals surface area contributed by atoms with Crippen molar-refractivity contribution < 1.29 is 19.1 Å². The minimum Gasteiger partial charge on any atom is -0.356 e. The first-order chi connectivity index (χ1) is 13.8. The van der Waals surface area contributed by atoms with Gasteiger partial charge in [-0.3, -0.25) is 19.4 Å². The molecule has 2 atom stereocenters. The van der Waals surface area contributed by atoms with Crippen molar-refractivity contribution in [1.82, 2.24) is 15.1 Å².